The molecule has 2 aromatic rings. The fraction of sp³-hybridized carbons (Fsp3) is 0.294. The molecule has 21 heavy (non-hydrogen) atoms. The number of halogens is 2. The van der Waals surface area contributed by atoms with Crippen LogP contribution < -0.4 is 5.32 Å². The average Bonchev–Trinajstić information content (AvgIpc) is 2.51. The molecule has 0 bridgehead atoms. The third-order valence-electron chi connectivity index (χ3n) is 3.13. The zero-order chi connectivity index (χ0) is 15.1. The summed E-state index contributed by atoms with van der Waals surface area (Å²) in [6.45, 7) is 2.99. The average molecular weight is 324 g/mol. The zero-order valence-electron chi connectivity index (χ0n) is 12.0. The molecule has 2 aromatic carbocycles. The molecule has 2 rings (SSSR count). The lowest BCUT2D eigenvalue weighted by atomic mass is 10.1. The summed E-state index contributed by atoms with van der Waals surface area (Å²) in [5.41, 5.74) is 0.827. The van der Waals surface area contributed by atoms with E-state index >= 15 is 0 Å². The SMILES string of the molecule is CCCNC(CSc1ccccc1)c1cc(F)ccc1Cl. The van der Waals surface area contributed by atoms with Gasteiger partial charge in [0, 0.05) is 21.7 Å². The van der Waals surface area contributed by atoms with Gasteiger partial charge in [-0.25, -0.2) is 4.39 Å². The molecule has 0 aliphatic carbocycles. The van der Waals surface area contributed by atoms with Crippen LogP contribution in [-0.2, 0) is 0 Å². The molecule has 0 aliphatic rings. The van der Waals surface area contributed by atoms with E-state index in [0.29, 0.717) is 5.02 Å². The molecule has 0 saturated heterocycles. The molecule has 0 aliphatic heterocycles. The number of thioether (sulfide) groups is 1. The van der Waals surface area contributed by atoms with Crippen molar-refractivity contribution in [2.24, 2.45) is 0 Å². The Hall–Kier alpha value is -1.03. The van der Waals surface area contributed by atoms with E-state index in [1.165, 1.54) is 17.0 Å². The summed E-state index contributed by atoms with van der Waals surface area (Å²) >= 11 is 7.98. The highest BCUT2D eigenvalue weighted by molar-refractivity contribution is 7.99. The van der Waals surface area contributed by atoms with Crippen molar-refractivity contribution in [2.45, 2.75) is 24.3 Å². The minimum absolute atomic E-state index is 0.0401. The largest absolute Gasteiger partial charge is 0.309 e. The molecule has 0 aromatic heterocycles. The molecular weight excluding hydrogens is 305 g/mol. The van der Waals surface area contributed by atoms with E-state index in [4.69, 9.17) is 11.6 Å². The third-order valence-corrected chi connectivity index (χ3v) is 4.58. The van der Waals surface area contributed by atoms with Crippen LogP contribution in [0.25, 0.3) is 0 Å². The van der Waals surface area contributed by atoms with Gasteiger partial charge < -0.3 is 5.32 Å². The van der Waals surface area contributed by atoms with E-state index in [1.807, 2.05) is 18.2 Å². The number of benzene rings is 2. The van der Waals surface area contributed by atoms with Crippen LogP contribution in [0, 0.1) is 5.82 Å². The molecule has 0 spiro atoms. The van der Waals surface area contributed by atoms with Gasteiger partial charge in [0.2, 0.25) is 0 Å². The highest BCUT2D eigenvalue weighted by Gasteiger charge is 2.15. The minimum atomic E-state index is -0.248. The van der Waals surface area contributed by atoms with Crippen molar-refractivity contribution in [3.63, 3.8) is 0 Å². The van der Waals surface area contributed by atoms with Crippen LogP contribution in [0.15, 0.2) is 53.4 Å². The van der Waals surface area contributed by atoms with Crippen molar-refractivity contribution in [3.05, 3.63) is 64.9 Å². The Morgan fingerprint density at radius 3 is 2.67 bits per heavy atom. The van der Waals surface area contributed by atoms with Gasteiger partial charge >= 0.3 is 0 Å². The molecule has 0 fully saturated rings. The second-order valence-corrected chi connectivity index (χ2v) is 6.30. The maximum Gasteiger partial charge on any atom is 0.123 e. The molecule has 1 N–H and O–H groups in total. The monoisotopic (exact) mass is 323 g/mol. The maximum absolute atomic E-state index is 13.5. The topological polar surface area (TPSA) is 12.0 Å². The summed E-state index contributed by atoms with van der Waals surface area (Å²) in [5.74, 6) is 0.565. The summed E-state index contributed by atoms with van der Waals surface area (Å²) in [6.07, 6.45) is 1.03. The molecule has 0 radical (unpaired) electrons. The lowest BCUT2D eigenvalue weighted by molar-refractivity contribution is 0.568. The molecule has 1 atom stereocenters. The molecule has 0 heterocycles. The first-order chi connectivity index (χ1) is 10.2. The van der Waals surface area contributed by atoms with Gasteiger partial charge in [-0.1, -0.05) is 36.7 Å². The highest BCUT2D eigenvalue weighted by atomic mass is 35.5. The predicted octanol–water partition coefficient (Wildman–Crippen LogP) is 5.31. The van der Waals surface area contributed by atoms with E-state index in [1.54, 1.807) is 17.8 Å². The van der Waals surface area contributed by atoms with Gasteiger partial charge in [-0.3, -0.25) is 0 Å². The Morgan fingerprint density at radius 1 is 1.19 bits per heavy atom. The summed E-state index contributed by atoms with van der Waals surface area (Å²) < 4.78 is 13.5. The van der Waals surface area contributed by atoms with Gasteiger partial charge in [0.15, 0.2) is 0 Å². The van der Waals surface area contributed by atoms with Gasteiger partial charge in [0.25, 0.3) is 0 Å². The van der Waals surface area contributed by atoms with Crippen molar-refractivity contribution >= 4 is 23.4 Å². The van der Waals surface area contributed by atoms with Crippen LogP contribution in [-0.4, -0.2) is 12.3 Å². The second kappa shape index (κ2) is 8.42. The van der Waals surface area contributed by atoms with Gasteiger partial charge in [-0.15, -0.1) is 11.8 Å². The Balaban J connectivity index is 2.12. The van der Waals surface area contributed by atoms with Gasteiger partial charge in [-0.05, 0) is 48.9 Å². The van der Waals surface area contributed by atoms with Gasteiger partial charge in [0.05, 0.1) is 0 Å². The van der Waals surface area contributed by atoms with Crippen LogP contribution in [0.3, 0.4) is 0 Å². The smallest absolute Gasteiger partial charge is 0.123 e. The van der Waals surface area contributed by atoms with Crippen molar-refractivity contribution in [2.75, 3.05) is 12.3 Å². The Morgan fingerprint density at radius 2 is 1.95 bits per heavy atom. The minimum Gasteiger partial charge on any atom is -0.309 e. The van der Waals surface area contributed by atoms with Crippen molar-refractivity contribution < 1.29 is 4.39 Å². The fourth-order valence-corrected chi connectivity index (χ4v) is 3.31. The van der Waals surface area contributed by atoms with Crippen molar-refractivity contribution in [1.82, 2.24) is 5.32 Å². The Bertz CT molecular complexity index is 562. The second-order valence-electron chi connectivity index (χ2n) is 4.80. The number of rotatable bonds is 7. The van der Waals surface area contributed by atoms with Crippen LogP contribution in [0.2, 0.25) is 5.02 Å². The lowest BCUT2D eigenvalue weighted by Gasteiger charge is -2.20. The predicted molar refractivity (Wildman–Crippen MR) is 89.6 cm³/mol. The van der Waals surface area contributed by atoms with Gasteiger partial charge in [-0.2, -0.15) is 0 Å². The molecule has 0 amide bonds. The van der Waals surface area contributed by atoms with E-state index in [-0.39, 0.29) is 11.9 Å². The van der Waals surface area contributed by atoms with E-state index in [9.17, 15) is 4.39 Å². The lowest BCUT2D eigenvalue weighted by Crippen LogP contribution is -2.24. The Labute approximate surface area is 134 Å². The molecule has 112 valence electrons. The van der Waals surface area contributed by atoms with Crippen LogP contribution in [0.5, 0.6) is 0 Å². The molecular formula is C17H19ClFNS. The first kappa shape index (κ1) is 16.3. The third kappa shape index (κ3) is 5.03. The van der Waals surface area contributed by atoms with Crippen LogP contribution in [0.4, 0.5) is 4.39 Å². The molecule has 1 unspecified atom stereocenters. The van der Waals surface area contributed by atoms with E-state index in [0.717, 1.165) is 24.3 Å². The summed E-state index contributed by atoms with van der Waals surface area (Å²) in [4.78, 5) is 1.20. The first-order valence-corrected chi connectivity index (χ1v) is 8.43. The molecule has 1 nitrogen and oxygen atoms in total. The standard InChI is InChI=1S/C17H19ClFNS/c1-2-10-20-17(12-21-14-6-4-3-5-7-14)15-11-13(19)8-9-16(15)18/h3-9,11,17,20H,2,10,12H2,1H3. The summed E-state index contributed by atoms with van der Waals surface area (Å²) in [7, 11) is 0. The Kier molecular flexibility index (Phi) is 6.55. The van der Waals surface area contributed by atoms with Gasteiger partial charge in [0.1, 0.15) is 5.82 Å². The van der Waals surface area contributed by atoms with E-state index in [2.05, 4.69) is 24.4 Å². The number of nitrogens with one attached hydrogen (secondary N) is 1. The van der Waals surface area contributed by atoms with Crippen LogP contribution >= 0.6 is 23.4 Å². The van der Waals surface area contributed by atoms with Crippen LogP contribution in [0.1, 0.15) is 24.9 Å². The zero-order valence-corrected chi connectivity index (χ0v) is 13.6. The molecule has 0 saturated carbocycles. The number of hydrogen-bond donors (Lipinski definition) is 1. The normalized spacial score (nSPS) is 12.3. The maximum atomic E-state index is 13.5. The first-order valence-electron chi connectivity index (χ1n) is 7.07. The van der Waals surface area contributed by atoms with E-state index < -0.39 is 0 Å². The fourth-order valence-electron chi connectivity index (χ4n) is 2.06. The highest BCUT2D eigenvalue weighted by Crippen LogP contribution is 2.29. The van der Waals surface area contributed by atoms with Crippen molar-refractivity contribution in [1.29, 1.82) is 0 Å². The number of hydrogen-bond acceptors (Lipinski definition) is 2. The van der Waals surface area contributed by atoms with Crippen molar-refractivity contribution in [3.8, 4) is 0 Å². The molecule has 4 heteroatoms. The summed E-state index contributed by atoms with van der Waals surface area (Å²) in [6, 6.07) is 14.8. The summed E-state index contributed by atoms with van der Waals surface area (Å²) in [5, 5.41) is 4.06. The quantitative estimate of drug-likeness (QED) is 0.693.